The molecule has 5 aliphatic carbocycles. The molecular weight excluding hydrogens is 490 g/mol. The zero-order valence-corrected chi connectivity index (χ0v) is 27.3. The number of esters is 1. The number of allylic oxidation sites excluding steroid dienone is 4. The summed E-state index contributed by atoms with van der Waals surface area (Å²) in [6, 6.07) is 0.264. The van der Waals surface area contributed by atoms with Crippen LogP contribution in [0.1, 0.15) is 145 Å². The Kier molecular flexibility index (Phi) is 8.26. The number of nitrogens with two attached hydrogens (primary N) is 1. The molecule has 0 bridgehead atoms. The Hall–Kier alpha value is -1.09. The summed E-state index contributed by atoms with van der Waals surface area (Å²) in [7, 11) is 0. The SMILES string of the molecule is CC(C)=CCC[C@@H](C)[C@H]1CC[C@@]2(C)C3=C(CC[C@]12C)[C@@]1(C)CC[C@H](OC(=O)C2CCC(N)CC2)C(C)(C)C1CC3. The zero-order valence-electron chi connectivity index (χ0n) is 27.3. The van der Waals surface area contributed by atoms with Crippen LogP contribution in [0.2, 0.25) is 0 Å². The van der Waals surface area contributed by atoms with Crippen molar-refractivity contribution in [2.45, 2.75) is 157 Å². The van der Waals surface area contributed by atoms with E-state index in [2.05, 4.69) is 61.5 Å². The largest absolute Gasteiger partial charge is 0.462 e. The van der Waals surface area contributed by atoms with Crippen LogP contribution in [0.25, 0.3) is 0 Å². The minimum absolute atomic E-state index is 0.00552. The fourth-order valence-electron chi connectivity index (χ4n) is 11.3. The lowest BCUT2D eigenvalue weighted by atomic mass is 9.43. The molecule has 0 aromatic carbocycles. The van der Waals surface area contributed by atoms with Crippen molar-refractivity contribution in [3.63, 3.8) is 0 Å². The number of fused-ring (bicyclic) bond motifs is 4. The van der Waals surface area contributed by atoms with Gasteiger partial charge in [0.15, 0.2) is 0 Å². The third-order valence-electron chi connectivity index (χ3n) is 14.0. The Labute approximate surface area is 246 Å². The van der Waals surface area contributed by atoms with Crippen LogP contribution in [-0.2, 0) is 9.53 Å². The van der Waals surface area contributed by atoms with E-state index in [1.54, 1.807) is 0 Å². The van der Waals surface area contributed by atoms with Gasteiger partial charge in [-0.15, -0.1) is 0 Å². The highest BCUT2D eigenvalue weighted by Crippen LogP contribution is 2.72. The van der Waals surface area contributed by atoms with E-state index >= 15 is 0 Å². The molecule has 1 unspecified atom stereocenters. The van der Waals surface area contributed by atoms with Crippen molar-refractivity contribution in [3.05, 3.63) is 22.8 Å². The van der Waals surface area contributed by atoms with Gasteiger partial charge in [-0.2, -0.15) is 0 Å². The van der Waals surface area contributed by atoms with Crippen molar-refractivity contribution in [2.75, 3.05) is 0 Å². The molecular formula is C37H61NO2. The molecule has 3 nitrogen and oxygen atoms in total. The average Bonchev–Trinajstić information content (AvgIpc) is 3.17. The van der Waals surface area contributed by atoms with E-state index < -0.39 is 0 Å². The van der Waals surface area contributed by atoms with Gasteiger partial charge in [-0.25, -0.2) is 0 Å². The van der Waals surface area contributed by atoms with Crippen LogP contribution in [0.4, 0.5) is 0 Å². The highest BCUT2D eigenvalue weighted by atomic mass is 16.5. The van der Waals surface area contributed by atoms with Gasteiger partial charge in [0.2, 0.25) is 0 Å². The molecule has 5 rings (SSSR count). The van der Waals surface area contributed by atoms with Gasteiger partial charge in [-0.05, 0) is 138 Å². The lowest BCUT2D eigenvalue weighted by Crippen LogP contribution is -2.56. The monoisotopic (exact) mass is 551 g/mol. The second kappa shape index (κ2) is 10.9. The molecule has 40 heavy (non-hydrogen) atoms. The van der Waals surface area contributed by atoms with E-state index in [1.807, 2.05) is 11.1 Å². The van der Waals surface area contributed by atoms with Gasteiger partial charge in [0.1, 0.15) is 6.10 Å². The number of rotatable bonds is 6. The van der Waals surface area contributed by atoms with Crippen LogP contribution in [-0.4, -0.2) is 18.1 Å². The minimum atomic E-state index is 0.00552. The van der Waals surface area contributed by atoms with Crippen molar-refractivity contribution in [2.24, 2.45) is 51.1 Å². The molecule has 0 spiro atoms. The molecule has 3 saturated carbocycles. The molecule has 0 amide bonds. The molecule has 3 heteroatoms. The molecule has 3 fully saturated rings. The molecule has 0 saturated heterocycles. The van der Waals surface area contributed by atoms with E-state index in [0.717, 1.165) is 43.9 Å². The van der Waals surface area contributed by atoms with Gasteiger partial charge in [0, 0.05) is 11.5 Å². The predicted molar refractivity (Wildman–Crippen MR) is 167 cm³/mol. The first-order chi connectivity index (χ1) is 18.7. The smallest absolute Gasteiger partial charge is 0.309 e. The fraction of sp³-hybridized carbons (Fsp3) is 0.865. The molecule has 226 valence electrons. The van der Waals surface area contributed by atoms with Gasteiger partial charge in [-0.1, -0.05) is 64.3 Å². The highest BCUT2D eigenvalue weighted by molar-refractivity contribution is 5.72. The summed E-state index contributed by atoms with van der Waals surface area (Å²) < 4.78 is 6.40. The summed E-state index contributed by atoms with van der Waals surface area (Å²) in [6.07, 6.45) is 18.8. The third-order valence-corrected chi connectivity index (χ3v) is 14.0. The molecule has 7 atom stereocenters. The van der Waals surface area contributed by atoms with E-state index in [0.29, 0.717) is 16.7 Å². The van der Waals surface area contributed by atoms with Gasteiger partial charge < -0.3 is 10.5 Å². The third kappa shape index (κ3) is 4.87. The van der Waals surface area contributed by atoms with Gasteiger partial charge in [0.25, 0.3) is 0 Å². The second-order valence-electron chi connectivity index (χ2n) is 16.6. The van der Waals surface area contributed by atoms with Crippen molar-refractivity contribution in [1.29, 1.82) is 0 Å². The normalized spacial score (nSPS) is 43.3. The van der Waals surface area contributed by atoms with Crippen LogP contribution in [0, 0.1) is 45.3 Å². The summed E-state index contributed by atoms with van der Waals surface area (Å²) in [6.45, 7) is 19.8. The molecule has 0 heterocycles. The lowest BCUT2D eigenvalue weighted by molar-refractivity contribution is -0.175. The number of hydrogen-bond acceptors (Lipinski definition) is 3. The fourth-order valence-corrected chi connectivity index (χ4v) is 11.3. The van der Waals surface area contributed by atoms with Gasteiger partial charge >= 0.3 is 5.97 Å². The molecule has 0 aliphatic heterocycles. The Bertz CT molecular complexity index is 1030. The zero-order chi connectivity index (χ0) is 29.1. The van der Waals surface area contributed by atoms with Crippen LogP contribution >= 0.6 is 0 Å². The van der Waals surface area contributed by atoms with Crippen molar-refractivity contribution >= 4 is 5.97 Å². The first-order valence-electron chi connectivity index (χ1n) is 17.1. The Morgan fingerprint density at radius 1 is 0.925 bits per heavy atom. The van der Waals surface area contributed by atoms with E-state index in [1.165, 1.54) is 63.4 Å². The van der Waals surface area contributed by atoms with Crippen LogP contribution in [0.3, 0.4) is 0 Å². The number of carbonyl (C=O) groups excluding carboxylic acids is 1. The van der Waals surface area contributed by atoms with Gasteiger partial charge in [-0.3, -0.25) is 4.79 Å². The van der Waals surface area contributed by atoms with E-state index in [-0.39, 0.29) is 34.9 Å². The summed E-state index contributed by atoms with van der Waals surface area (Å²) in [5.41, 5.74) is 12.3. The summed E-state index contributed by atoms with van der Waals surface area (Å²) >= 11 is 0. The number of ether oxygens (including phenoxy) is 1. The first-order valence-corrected chi connectivity index (χ1v) is 17.1. The molecule has 5 aliphatic rings. The van der Waals surface area contributed by atoms with Crippen molar-refractivity contribution in [1.82, 2.24) is 0 Å². The second-order valence-corrected chi connectivity index (χ2v) is 16.6. The first kappa shape index (κ1) is 30.4. The quantitative estimate of drug-likeness (QED) is 0.264. The predicted octanol–water partition coefficient (Wildman–Crippen LogP) is 9.55. The van der Waals surface area contributed by atoms with Crippen molar-refractivity contribution < 1.29 is 9.53 Å². The number of carbonyl (C=O) groups is 1. The molecule has 0 aromatic heterocycles. The lowest BCUT2D eigenvalue weighted by Gasteiger charge is -2.62. The Balaban J connectivity index is 1.34. The standard InChI is InChI=1S/C37H61NO2/c1-24(2)10-9-11-25(3)28-18-22-37(8)30-16-17-31-34(4,5)32(40-33(39)26-12-14-27(38)15-13-26)20-21-35(31,6)29(30)19-23-36(28,37)7/h10,25-28,31-32H,9,11-23,38H2,1-8H3/t25-,26?,27?,28-,31?,32+,35-,36-,37+/m1/s1. The minimum Gasteiger partial charge on any atom is -0.462 e. The van der Waals surface area contributed by atoms with E-state index in [9.17, 15) is 4.79 Å². The van der Waals surface area contributed by atoms with Crippen LogP contribution in [0.5, 0.6) is 0 Å². The Morgan fingerprint density at radius 3 is 2.30 bits per heavy atom. The molecule has 2 N–H and O–H groups in total. The maximum atomic E-state index is 13.2. The molecule has 0 radical (unpaired) electrons. The maximum Gasteiger partial charge on any atom is 0.309 e. The molecule has 0 aromatic rings. The van der Waals surface area contributed by atoms with Gasteiger partial charge in [0.05, 0.1) is 5.92 Å². The van der Waals surface area contributed by atoms with Crippen molar-refractivity contribution in [3.8, 4) is 0 Å². The maximum absolute atomic E-state index is 13.2. The number of hydrogen-bond donors (Lipinski definition) is 1. The summed E-state index contributed by atoms with van der Waals surface area (Å²) in [5, 5.41) is 0. The topological polar surface area (TPSA) is 52.3 Å². The van der Waals surface area contributed by atoms with E-state index in [4.69, 9.17) is 10.5 Å². The summed E-state index contributed by atoms with van der Waals surface area (Å²) in [4.78, 5) is 13.2. The van der Waals surface area contributed by atoms with Crippen LogP contribution < -0.4 is 5.73 Å². The summed E-state index contributed by atoms with van der Waals surface area (Å²) in [5.74, 6) is 2.32. The average molecular weight is 552 g/mol. The van der Waals surface area contributed by atoms with Crippen LogP contribution in [0.15, 0.2) is 22.8 Å². The highest BCUT2D eigenvalue weighted by Gasteiger charge is 2.63. The Morgan fingerprint density at radius 2 is 1.62 bits per heavy atom.